The highest BCUT2D eigenvalue weighted by atomic mass is 19.3. The number of rotatable bonds is 6. The van der Waals surface area contributed by atoms with Crippen molar-refractivity contribution in [3.05, 3.63) is 65.6 Å². The first-order valence-corrected chi connectivity index (χ1v) is 12.3. The zero-order valence-electron chi connectivity index (χ0n) is 20.1. The van der Waals surface area contributed by atoms with Crippen molar-refractivity contribution in [2.24, 2.45) is 5.92 Å². The summed E-state index contributed by atoms with van der Waals surface area (Å²) in [6.07, 6.45) is -0.412. The highest BCUT2D eigenvalue weighted by Gasteiger charge is 2.30. The zero-order chi connectivity index (χ0) is 25.2. The number of aromatic nitrogens is 1. The molecule has 2 aliphatic rings. The average molecular weight is 499 g/mol. The van der Waals surface area contributed by atoms with Crippen LogP contribution in [0.5, 0.6) is 0 Å². The number of fused-ring (bicyclic) bond motifs is 1. The van der Waals surface area contributed by atoms with Crippen LogP contribution in [-0.2, 0) is 9.53 Å². The van der Waals surface area contributed by atoms with Gasteiger partial charge in [0.25, 0.3) is 6.43 Å². The lowest BCUT2D eigenvalue weighted by Crippen LogP contribution is -2.50. The Morgan fingerprint density at radius 1 is 1.11 bits per heavy atom. The molecule has 5 rings (SSSR count). The molecule has 3 aromatic rings. The van der Waals surface area contributed by atoms with Gasteiger partial charge in [-0.3, -0.25) is 9.78 Å². The lowest BCUT2D eigenvalue weighted by molar-refractivity contribution is -0.135. The molecule has 36 heavy (non-hydrogen) atoms. The molecule has 6 nitrogen and oxygen atoms in total. The number of carbonyl (C=O) groups excluding carboxylic acids is 1. The third kappa shape index (κ3) is 4.84. The third-order valence-corrected chi connectivity index (χ3v) is 7.09. The second kappa shape index (κ2) is 10.3. The van der Waals surface area contributed by atoms with Crippen LogP contribution >= 0.6 is 0 Å². The fourth-order valence-electron chi connectivity index (χ4n) is 5.01. The van der Waals surface area contributed by atoms with E-state index >= 15 is 0 Å². The maximum atomic E-state index is 14.7. The number of halogens is 3. The summed E-state index contributed by atoms with van der Waals surface area (Å²) >= 11 is 0. The van der Waals surface area contributed by atoms with E-state index < -0.39 is 23.8 Å². The molecule has 1 aromatic heterocycles. The molecule has 2 saturated heterocycles. The predicted molar refractivity (Wildman–Crippen MR) is 133 cm³/mol. The topological polar surface area (TPSA) is 57.7 Å². The molecule has 1 N–H and O–H groups in total. The Hall–Kier alpha value is -3.33. The van der Waals surface area contributed by atoms with Gasteiger partial charge < -0.3 is 19.9 Å². The van der Waals surface area contributed by atoms with Crippen LogP contribution in [0.2, 0.25) is 0 Å². The van der Waals surface area contributed by atoms with Gasteiger partial charge in [-0.1, -0.05) is 18.2 Å². The Bertz CT molecular complexity index is 1240. The number of alkyl halides is 2. The van der Waals surface area contributed by atoms with Crippen LogP contribution in [0.25, 0.3) is 10.9 Å². The predicted octanol–water partition coefficient (Wildman–Crippen LogP) is 5.17. The maximum absolute atomic E-state index is 14.7. The van der Waals surface area contributed by atoms with Crippen molar-refractivity contribution >= 4 is 28.2 Å². The van der Waals surface area contributed by atoms with Crippen LogP contribution in [0.15, 0.2) is 48.7 Å². The molecule has 190 valence electrons. The summed E-state index contributed by atoms with van der Waals surface area (Å²) in [6.45, 7) is 5.66. The number of benzene rings is 2. The molecule has 0 spiro atoms. The van der Waals surface area contributed by atoms with Crippen molar-refractivity contribution in [2.75, 3.05) is 49.6 Å². The van der Waals surface area contributed by atoms with Gasteiger partial charge in [0.2, 0.25) is 5.91 Å². The van der Waals surface area contributed by atoms with Gasteiger partial charge in [-0.25, -0.2) is 13.2 Å². The van der Waals surface area contributed by atoms with E-state index in [4.69, 9.17) is 4.74 Å². The molecule has 0 saturated carbocycles. The van der Waals surface area contributed by atoms with Crippen LogP contribution in [0.3, 0.4) is 0 Å². The van der Waals surface area contributed by atoms with E-state index in [9.17, 15) is 18.0 Å². The number of nitrogens with zero attached hydrogens (tertiary/aromatic N) is 3. The van der Waals surface area contributed by atoms with E-state index in [-0.39, 0.29) is 17.4 Å². The first-order chi connectivity index (χ1) is 17.4. The van der Waals surface area contributed by atoms with Gasteiger partial charge in [-0.2, -0.15) is 0 Å². The summed E-state index contributed by atoms with van der Waals surface area (Å²) in [5.41, 5.74) is 2.11. The molecule has 0 aliphatic carbocycles. The van der Waals surface area contributed by atoms with Crippen LogP contribution in [0.1, 0.15) is 36.9 Å². The minimum atomic E-state index is -2.87. The van der Waals surface area contributed by atoms with Crippen LogP contribution < -0.4 is 10.2 Å². The number of ether oxygens (including phenoxy) is 1. The van der Waals surface area contributed by atoms with E-state index in [1.807, 2.05) is 23.1 Å². The average Bonchev–Trinajstić information content (AvgIpc) is 3.43. The van der Waals surface area contributed by atoms with Crippen LogP contribution in [-0.4, -0.2) is 55.2 Å². The van der Waals surface area contributed by atoms with Gasteiger partial charge in [-0.15, -0.1) is 0 Å². The molecular formula is C27H29F3N4O2. The Balaban J connectivity index is 1.33. The number of pyridine rings is 1. The summed E-state index contributed by atoms with van der Waals surface area (Å²) in [6, 6.07) is 11.3. The van der Waals surface area contributed by atoms with Crippen LogP contribution in [0.4, 0.5) is 24.5 Å². The lowest BCUT2D eigenvalue weighted by Gasteiger charge is -2.37. The van der Waals surface area contributed by atoms with Crippen molar-refractivity contribution in [1.82, 2.24) is 9.88 Å². The number of piperazine rings is 1. The Labute approximate surface area is 208 Å². The van der Waals surface area contributed by atoms with Crippen molar-refractivity contribution in [2.45, 2.75) is 25.8 Å². The summed E-state index contributed by atoms with van der Waals surface area (Å²) in [5.74, 6) is -0.730. The molecule has 0 unspecified atom stereocenters. The SMILES string of the molecule is C[C@@H](Nc1ccnc2ccc(N3CCN(C(=O)[C@H]4CCOC4)CC3)cc12)c1cccc(C(F)F)c1F. The fourth-order valence-corrected chi connectivity index (χ4v) is 5.01. The smallest absolute Gasteiger partial charge is 0.266 e. The number of carbonyl (C=O) groups is 1. The molecule has 9 heteroatoms. The fraction of sp³-hybridized carbons (Fsp3) is 0.407. The molecule has 2 fully saturated rings. The van der Waals surface area contributed by atoms with E-state index in [1.165, 1.54) is 12.1 Å². The van der Waals surface area contributed by atoms with E-state index in [1.54, 1.807) is 19.2 Å². The molecule has 3 heterocycles. The Morgan fingerprint density at radius 3 is 2.61 bits per heavy atom. The number of hydrogen-bond acceptors (Lipinski definition) is 5. The van der Waals surface area contributed by atoms with Crippen molar-refractivity contribution in [3.8, 4) is 0 Å². The lowest BCUT2D eigenvalue weighted by atomic mass is 10.0. The van der Waals surface area contributed by atoms with Gasteiger partial charge in [-0.05, 0) is 37.6 Å². The minimum absolute atomic E-state index is 0.0230. The van der Waals surface area contributed by atoms with E-state index in [2.05, 4.69) is 15.2 Å². The van der Waals surface area contributed by atoms with Crippen molar-refractivity contribution in [1.29, 1.82) is 0 Å². The van der Waals surface area contributed by atoms with Gasteiger partial charge in [0.15, 0.2) is 0 Å². The highest BCUT2D eigenvalue weighted by Crippen LogP contribution is 2.32. The third-order valence-electron chi connectivity index (χ3n) is 7.09. The maximum Gasteiger partial charge on any atom is 0.266 e. The van der Waals surface area contributed by atoms with Gasteiger partial charge in [0, 0.05) is 61.3 Å². The largest absolute Gasteiger partial charge is 0.381 e. The number of amides is 1. The molecule has 0 bridgehead atoms. The van der Waals surface area contributed by atoms with E-state index in [0.29, 0.717) is 26.3 Å². The molecule has 2 aromatic carbocycles. The standard InChI is InChI=1S/C27H29F3N4O2/c1-17(20-3-2-4-21(25(20)28)26(29)30)32-24-7-9-31-23-6-5-19(15-22(23)24)33-10-12-34(13-11-33)27(35)18-8-14-36-16-18/h2-7,9,15,17-18,26H,8,10-14,16H2,1H3,(H,31,32)/t17-,18+/m1/s1. The Morgan fingerprint density at radius 2 is 1.89 bits per heavy atom. The minimum Gasteiger partial charge on any atom is -0.381 e. The molecule has 1 amide bonds. The van der Waals surface area contributed by atoms with Gasteiger partial charge >= 0.3 is 0 Å². The molecular weight excluding hydrogens is 469 g/mol. The van der Waals surface area contributed by atoms with Gasteiger partial charge in [0.05, 0.1) is 29.6 Å². The second-order valence-corrected chi connectivity index (χ2v) is 9.35. The summed E-state index contributed by atoms with van der Waals surface area (Å²) in [5, 5.41) is 4.14. The number of hydrogen-bond donors (Lipinski definition) is 1. The Kier molecular flexibility index (Phi) is 7.00. The summed E-state index contributed by atoms with van der Waals surface area (Å²) < 4.78 is 46.4. The molecule has 2 atom stereocenters. The monoisotopic (exact) mass is 498 g/mol. The van der Waals surface area contributed by atoms with Crippen molar-refractivity contribution in [3.63, 3.8) is 0 Å². The summed E-state index contributed by atoms with van der Waals surface area (Å²) in [7, 11) is 0. The number of anilines is 2. The zero-order valence-corrected chi connectivity index (χ0v) is 20.1. The molecule has 2 aliphatic heterocycles. The normalized spacial score (nSPS) is 19.2. The first-order valence-electron chi connectivity index (χ1n) is 12.3. The molecule has 0 radical (unpaired) electrons. The summed E-state index contributed by atoms with van der Waals surface area (Å²) in [4.78, 5) is 21.3. The van der Waals surface area contributed by atoms with Crippen LogP contribution in [0, 0.1) is 11.7 Å². The van der Waals surface area contributed by atoms with E-state index in [0.717, 1.165) is 47.9 Å². The van der Waals surface area contributed by atoms with Crippen molar-refractivity contribution < 1.29 is 22.7 Å². The highest BCUT2D eigenvalue weighted by molar-refractivity contribution is 5.93. The number of nitrogens with one attached hydrogen (secondary N) is 1. The van der Waals surface area contributed by atoms with Gasteiger partial charge in [0.1, 0.15) is 5.82 Å². The first kappa shape index (κ1) is 24.4. The second-order valence-electron chi connectivity index (χ2n) is 9.35. The quantitative estimate of drug-likeness (QED) is 0.508.